The molecule has 0 bridgehead atoms. The van der Waals surface area contributed by atoms with E-state index < -0.39 is 105 Å². The first-order valence-corrected chi connectivity index (χ1v) is 15.6. The van der Waals surface area contributed by atoms with Crippen LogP contribution in [0.25, 0.3) is 6.08 Å². The molecule has 10 N–H and O–H groups in total. The molecule has 11 atom stereocenters. The lowest BCUT2D eigenvalue weighted by molar-refractivity contribution is -0.293. The van der Waals surface area contributed by atoms with Gasteiger partial charge in [-0.2, -0.15) is 0 Å². The van der Waals surface area contributed by atoms with Gasteiger partial charge in [-0.1, -0.05) is 0 Å². The first kappa shape index (κ1) is 38.6. The first-order chi connectivity index (χ1) is 24.7. The number of phenols is 2. The van der Waals surface area contributed by atoms with E-state index in [-0.39, 0.29) is 45.6 Å². The molecule has 0 radical (unpaired) electrons. The first-order valence-electron chi connectivity index (χ1n) is 15.6. The van der Waals surface area contributed by atoms with Gasteiger partial charge >= 0.3 is 11.9 Å². The lowest BCUT2D eigenvalue weighted by atomic mass is 9.98. The second-order valence-corrected chi connectivity index (χ2v) is 11.9. The van der Waals surface area contributed by atoms with Gasteiger partial charge in [0.1, 0.15) is 84.9 Å². The van der Waals surface area contributed by atoms with Crippen molar-refractivity contribution in [3.05, 3.63) is 41.2 Å². The van der Waals surface area contributed by atoms with E-state index in [2.05, 4.69) is 0 Å². The SMILES string of the molecule is COc1cc(C2Oc3cc(O)cc(OC4OC(COC(=O)CC(=O)O)C(O)C(O)C4O)c3C=C2OC2OC(CO)C(O)C(O)C2O)cc(OC)c1O. The molecular weight excluding hydrogens is 704 g/mol. The van der Waals surface area contributed by atoms with Crippen molar-refractivity contribution >= 4 is 18.0 Å². The number of fused-ring (bicyclic) bond motifs is 1. The van der Waals surface area contributed by atoms with Crippen LogP contribution >= 0.6 is 0 Å². The highest BCUT2D eigenvalue weighted by molar-refractivity contribution is 5.90. The van der Waals surface area contributed by atoms with Gasteiger partial charge in [-0.25, -0.2) is 0 Å². The van der Waals surface area contributed by atoms with E-state index in [0.29, 0.717) is 0 Å². The molecule has 2 saturated heterocycles. The Kier molecular flexibility index (Phi) is 11.8. The monoisotopic (exact) mass is 742 g/mol. The number of aliphatic hydroxyl groups is 7. The smallest absolute Gasteiger partial charge is 0.317 e. The lowest BCUT2D eigenvalue weighted by Crippen LogP contribution is -2.60. The Labute approximate surface area is 293 Å². The maximum atomic E-state index is 11.8. The largest absolute Gasteiger partial charge is 0.508 e. The molecule has 0 aliphatic carbocycles. The van der Waals surface area contributed by atoms with Crippen LogP contribution in [0.4, 0.5) is 0 Å². The van der Waals surface area contributed by atoms with Gasteiger partial charge in [-0.3, -0.25) is 9.59 Å². The maximum Gasteiger partial charge on any atom is 0.317 e. The molecule has 3 aliphatic rings. The summed E-state index contributed by atoms with van der Waals surface area (Å²) in [5, 5.41) is 103. The zero-order chi connectivity index (χ0) is 38.0. The number of benzene rings is 2. The second-order valence-electron chi connectivity index (χ2n) is 11.9. The number of hydrogen-bond acceptors (Lipinski definition) is 19. The minimum atomic E-state index is -1.93. The number of methoxy groups -OCH3 is 2. The highest BCUT2D eigenvalue weighted by atomic mass is 16.7. The van der Waals surface area contributed by atoms with Crippen LogP contribution < -0.4 is 18.9 Å². The van der Waals surface area contributed by atoms with Gasteiger partial charge in [0, 0.05) is 17.7 Å². The lowest BCUT2D eigenvalue weighted by Gasteiger charge is -2.41. The Bertz CT molecular complexity index is 1620. The molecule has 5 rings (SSSR count). The Morgan fingerprint density at radius 3 is 1.90 bits per heavy atom. The van der Waals surface area contributed by atoms with Crippen molar-refractivity contribution in [1.82, 2.24) is 0 Å². The predicted octanol–water partition coefficient (Wildman–Crippen LogP) is -2.39. The number of rotatable bonds is 12. The number of carbonyl (C=O) groups excluding carboxylic acids is 1. The number of esters is 1. The van der Waals surface area contributed by atoms with Gasteiger partial charge in [0.25, 0.3) is 0 Å². The molecular formula is C32H38O20. The van der Waals surface area contributed by atoms with Crippen LogP contribution in [0.3, 0.4) is 0 Å². The molecule has 20 heteroatoms. The van der Waals surface area contributed by atoms with Crippen LogP contribution in [0.1, 0.15) is 23.7 Å². The van der Waals surface area contributed by atoms with Gasteiger partial charge < -0.3 is 89.0 Å². The molecule has 2 aromatic rings. The van der Waals surface area contributed by atoms with Crippen molar-refractivity contribution in [3.8, 4) is 34.5 Å². The Balaban J connectivity index is 1.53. The van der Waals surface area contributed by atoms with Crippen molar-refractivity contribution in [1.29, 1.82) is 0 Å². The number of carbonyl (C=O) groups is 2. The number of hydrogen-bond donors (Lipinski definition) is 10. The van der Waals surface area contributed by atoms with Crippen LogP contribution in [0.5, 0.6) is 34.5 Å². The minimum Gasteiger partial charge on any atom is -0.508 e. The molecule has 0 amide bonds. The van der Waals surface area contributed by atoms with Crippen LogP contribution in [0, 0.1) is 0 Å². The number of phenolic OH excluding ortho intramolecular Hbond substituents is 2. The number of carboxylic acid groups (broad SMARTS) is 1. The van der Waals surface area contributed by atoms with Crippen molar-refractivity contribution in [3.63, 3.8) is 0 Å². The van der Waals surface area contributed by atoms with Crippen LogP contribution in [0.2, 0.25) is 0 Å². The molecule has 20 nitrogen and oxygen atoms in total. The predicted molar refractivity (Wildman–Crippen MR) is 166 cm³/mol. The molecule has 0 saturated carbocycles. The number of carboxylic acids is 1. The fraction of sp³-hybridized carbons (Fsp3) is 0.500. The van der Waals surface area contributed by atoms with Gasteiger partial charge in [0.2, 0.25) is 18.3 Å². The summed E-state index contributed by atoms with van der Waals surface area (Å²) in [6.45, 7) is -1.50. The number of aliphatic carboxylic acids is 1. The fourth-order valence-corrected chi connectivity index (χ4v) is 5.65. The standard InChI is InChI=1S/C32H38O20/c1-45-16-3-11(4-17(46-2)23(16)38)30-18(50-32-28(43)26(41)24(39)19(9-33)51-32)7-13-14(48-30)5-12(34)6-15(13)49-31-29(44)27(42)25(40)20(52-31)10-47-22(37)8-21(35)36/h3-7,19-20,24-34,38-44H,8-10H2,1-2H3,(H,35,36). The molecule has 286 valence electrons. The topological polar surface area (TPSA) is 310 Å². The third-order valence-electron chi connectivity index (χ3n) is 8.40. The summed E-state index contributed by atoms with van der Waals surface area (Å²) < 4.78 is 44.5. The summed E-state index contributed by atoms with van der Waals surface area (Å²) >= 11 is 0. The molecule has 2 fully saturated rings. The summed E-state index contributed by atoms with van der Waals surface area (Å²) in [6, 6.07) is 4.96. The van der Waals surface area contributed by atoms with Gasteiger partial charge in [-0.05, 0) is 18.2 Å². The van der Waals surface area contributed by atoms with E-state index in [1.165, 1.54) is 38.5 Å². The third-order valence-corrected chi connectivity index (χ3v) is 8.40. The van der Waals surface area contributed by atoms with E-state index in [9.17, 15) is 55.5 Å². The average molecular weight is 743 g/mol. The third kappa shape index (κ3) is 7.89. The summed E-state index contributed by atoms with van der Waals surface area (Å²) in [6.07, 6.45) is -18.5. The van der Waals surface area contributed by atoms with Crippen LogP contribution in [0.15, 0.2) is 30.0 Å². The Morgan fingerprint density at radius 1 is 0.750 bits per heavy atom. The average Bonchev–Trinajstić information content (AvgIpc) is 3.11. The van der Waals surface area contributed by atoms with Crippen molar-refractivity contribution in [2.45, 2.75) is 73.9 Å². The van der Waals surface area contributed by atoms with E-state index in [1.807, 2.05) is 0 Å². The van der Waals surface area contributed by atoms with Gasteiger partial charge in [0.15, 0.2) is 17.6 Å². The highest BCUT2D eigenvalue weighted by Gasteiger charge is 2.48. The van der Waals surface area contributed by atoms with Gasteiger partial charge in [-0.15, -0.1) is 0 Å². The van der Waals surface area contributed by atoms with E-state index in [4.69, 9.17) is 43.0 Å². The van der Waals surface area contributed by atoms with Crippen molar-refractivity contribution < 1.29 is 98.5 Å². The zero-order valence-electron chi connectivity index (χ0n) is 27.4. The molecule has 52 heavy (non-hydrogen) atoms. The summed E-state index contributed by atoms with van der Waals surface area (Å²) in [4.78, 5) is 22.6. The van der Waals surface area contributed by atoms with Crippen molar-refractivity contribution in [2.75, 3.05) is 27.4 Å². The molecule has 3 aliphatic heterocycles. The van der Waals surface area contributed by atoms with E-state index in [0.717, 1.165) is 6.07 Å². The van der Waals surface area contributed by atoms with Crippen LogP contribution in [-0.2, 0) is 28.5 Å². The van der Waals surface area contributed by atoms with E-state index in [1.54, 1.807) is 0 Å². The Morgan fingerprint density at radius 2 is 1.33 bits per heavy atom. The molecule has 0 aromatic heterocycles. The highest BCUT2D eigenvalue weighted by Crippen LogP contribution is 2.48. The summed E-state index contributed by atoms with van der Waals surface area (Å²) in [5.41, 5.74) is 0.203. The zero-order valence-corrected chi connectivity index (χ0v) is 27.4. The number of aliphatic hydroxyl groups excluding tert-OH is 7. The minimum absolute atomic E-state index is 0.00723. The fourth-order valence-electron chi connectivity index (χ4n) is 5.65. The normalized spacial score (nSPS) is 31.3. The molecule has 0 spiro atoms. The van der Waals surface area contributed by atoms with E-state index >= 15 is 0 Å². The quantitative estimate of drug-likeness (QED) is 0.0801. The number of ether oxygens (including phenoxy) is 8. The summed E-state index contributed by atoms with van der Waals surface area (Å²) in [5.74, 6) is -4.10. The number of aromatic hydroxyl groups is 2. The second kappa shape index (κ2) is 15.9. The Hall–Kier alpha value is -4.64. The maximum absolute atomic E-state index is 11.8. The summed E-state index contributed by atoms with van der Waals surface area (Å²) in [7, 11) is 2.56. The van der Waals surface area contributed by atoms with Crippen LogP contribution in [-0.4, -0.2) is 152 Å². The molecule has 11 unspecified atom stereocenters. The molecule has 2 aromatic carbocycles. The molecule has 3 heterocycles. The van der Waals surface area contributed by atoms with Crippen molar-refractivity contribution in [2.24, 2.45) is 0 Å². The van der Waals surface area contributed by atoms with Gasteiger partial charge in [0.05, 0.1) is 26.4 Å².